The highest BCUT2D eigenvalue weighted by Gasteiger charge is 2.43. The second-order valence-corrected chi connectivity index (χ2v) is 7.61. The lowest BCUT2D eigenvalue weighted by Crippen LogP contribution is -2.41. The molecule has 1 saturated carbocycles. The summed E-state index contributed by atoms with van der Waals surface area (Å²) in [6, 6.07) is 18.5. The Bertz CT molecular complexity index is 690. The summed E-state index contributed by atoms with van der Waals surface area (Å²) in [6.45, 7) is 0. The van der Waals surface area contributed by atoms with E-state index in [1.54, 1.807) is 24.3 Å². The van der Waals surface area contributed by atoms with Crippen LogP contribution in [0.25, 0.3) is 0 Å². The zero-order valence-electron chi connectivity index (χ0n) is 16.2. The Morgan fingerprint density at radius 3 is 2.00 bits per heavy atom. The first kappa shape index (κ1) is 19.6. The van der Waals surface area contributed by atoms with E-state index >= 15 is 0 Å². The van der Waals surface area contributed by atoms with Gasteiger partial charge >= 0.3 is 5.97 Å². The first-order valence-electron chi connectivity index (χ1n) is 9.72. The molecule has 1 aliphatic rings. The van der Waals surface area contributed by atoms with Crippen LogP contribution in [0.5, 0.6) is 0 Å². The minimum Gasteiger partial charge on any atom is -0.460 e. The molecule has 0 aliphatic heterocycles. The van der Waals surface area contributed by atoms with Gasteiger partial charge in [0.15, 0.2) is 0 Å². The molecule has 1 fully saturated rings. The normalized spacial score (nSPS) is 20.9. The van der Waals surface area contributed by atoms with Gasteiger partial charge in [-0.05, 0) is 50.9 Å². The summed E-state index contributed by atoms with van der Waals surface area (Å²) in [4.78, 5) is 15.4. The van der Waals surface area contributed by atoms with Crippen LogP contribution in [-0.4, -0.2) is 42.2 Å². The number of benzene rings is 2. The molecule has 4 heteroatoms. The maximum atomic E-state index is 13.2. The van der Waals surface area contributed by atoms with Crippen molar-refractivity contribution >= 4 is 5.97 Å². The predicted molar refractivity (Wildman–Crippen MR) is 106 cm³/mol. The molecule has 4 nitrogen and oxygen atoms in total. The molecule has 1 N–H and O–H groups in total. The van der Waals surface area contributed by atoms with E-state index in [0.29, 0.717) is 17.2 Å². The van der Waals surface area contributed by atoms with Gasteiger partial charge < -0.3 is 14.7 Å². The summed E-state index contributed by atoms with van der Waals surface area (Å²) in [5, 5.41) is 11.5. The summed E-state index contributed by atoms with van der Waals surface area (Å²) >= 11 is 0. The Morgan fingerprint density at radius 1 is 0.963 bits per heavy atom. The number of nitrogens with zero attached hydrogens (tertiary/aromatic N) is 1. The maximum absolute atomic E-state index is 13.2. The van der Waals surface area contributed by atoms with Gasteiger partial charge in [-0.25, -0.2) is 4.79 Å². The number of carbonyl (C=O) groups is 1. The van der Waals surface area contributed by atoms with Gasteiger partial charge in [0.25, 0.3) is 0 Å². The van der Waals surface area contributed by atoms with Crippen LogP contribution in [0.4, 0.5) is 0 Å². The van der Waals surface area contributed by atoms with Crippen molar-refractivity contribution in [3.8, 4) is 0 Å². The molecular weight excluding hydrogens is 338 g/mol. The molecule has 1 aliphatic carbocycles. The van der Waals surface area contributed by atoms with Crippen LogP contribution >= 0.6 is 0 Å². The monoisotopic (exact) mass is 367 g/mol. The zero-order chi connectivity index (χ0) is 19.3. The fraction of sp³-hybridized carbons (Fsp3) is 0.435. The lowest BCUT2D eigenvalue weighted by Gasteiger charge is -2.31. The molecule has 0 amide bonds. The van der Waals surface area contributed by atoms with E-state index in [1.807, 2.05) is 36.4 Å². The number of hydrogen-bond donors (Lipinski definition) is 1. The van der Waals surface area contributed by atoms with Crippen LogP contribution in [0.15, 0.2) is 60.7 Å². The van der Waals surface area contributed by atoms with E-state index < -0.39 is 11.6 Å². The highest BCUT2D eigenvalue weighted by molar-refractivity contribution is 5.85. The fourth-order valence-corrected chi connectivity index (χ4v) is 3.86. The molecule has 2 unspecified atom stereocenters. The van der Waals surface area contributed by atoms with Crippen molar-refractivity contribution in [2.24, 2.45) is 0 Å². The summed E-state index contributed by atoms with van der Waals surface area (Å²) in [6.07, 6.45) is 4.76. The summed E-state index contributed by atoms with van der Waals surface area (Å²) in [5.74, 6) is -0.593. The van der Waals surface area contributed by atoms with Gasteiger partial charge in [0, 0.05) is 6.04 Å². The van der Waals surface area contributed by atoms with Crippen LogP contribution in [0.3, 0.4) is 0 Å². The van der Waals surface area contributed by atoms with Crippen molar-refractivity contribution < 1.29 is 14.6 Å². The van der Waals surface area contributed by atoms with Crippen molar-refractivity contribution in [2.45, 2.75) is 49.9 Å². The first-order chi connectivity index (χ1) is 13.0. The molecule has 2 atom stereocenters. The van der Waals surface area contributed by atoms with Crippen LogP contribution in [0.1, 0.15) is 43.2 Å². The summed E-state index contributed by atoms with van der Waals surface area (Å²) in [7, 11) is 4.14. The standard InChI is InChI=1S/C23H29NO3/c1-24(2)20-15-9-10-16-21(17-20)27-22(25)23(26,18-11-5-3-6-12-18)19-13-7-4-8-14-19/h3-8,11-14,20-21,26H,9-10,15-17H2,1-2H3. The van der Waals surface area contributed by atoms with E-state index in [0.717, 1.165) is 32.1 Å². The number of rotatable bonds is 5. The van der Waals surface area contributed by atoms with Crippen LogP contribution < -0.4 is 0 Å². The Hall–Kier alpha value is -2.17. The number of ether oxygens (including phenoxy) is 1. The number of esters is 1. The summed E-state index contributed by atoms with van der Waals surface area (Å²) < 4.78 is 5.91. The Labute approximate surface area is 161 Å². The molecule has 0 saturated heterocycles. The molecule has 27 heavy (non-hydrogen) atoms. The average molecular weight is 367 g/mol. The van der Waals surface area contributed by atoms with E-state index in [2.05, 4.69) is 19.0 Å². The lowest BCUT2D eigenvalue weighted by atomic mass is 9.86. The van der Waals surface area contributed by atoms with Crippen LogP contribution in [0, 0.1) is 0 Å². The lowest BCUT2D eigenvalue weighted by molar-refractivity contribution is -0.169. The van der Waals surface area contributed by atoms with Crippen LogP contribution in [-0.2, 0) is 15.1 Å². The Morgan fingerprint density at radius 2 is 1.48 bits per heavy atom. The smallest absolute Gasteiger partial charge is 0.347 e. The molecule has 0 heterocycles. The quantitative estimate of drug-likeness (QED) is 0.646. The maximum Gasteiger partial charge on any atom is 0.347 e. The van der Waals surface area contributed by atoms with Gasteiger partial charge in [0.1, 0.15) is 6.10 Å². The van der Waals surface area contributed by atoms with Crippen molar-refractivity contribution in [3.63, 3.8) is 0 Å². The average Bonchev–Trinajstić information content (AvgIpc) is 2.94. The highest BCUT2D eigenvalue weighted by atomic mass is 16.6. The topological polar surface area (TPSA) is 49.8 Å². The minimum atomic E-state index is -1.80. The summed E-state index contributed by atoms with van der Waals surface area (Å²) in [5.41, 5.74) is -0.749. The third-order valence-electron chi connectivity index (χ3n) is 5.53. The molecule has 3 rings (SSSR count). The molecule has 144 valence electrons. The van der Waals surface area contributed by atoms with E-state index in [-0.39, 0.29) is 6.10 Å². The van der Waals surface area contributed by atoms with Gasteiger partial charge in [0.05, 0.1) is 0 Å². The highest BCUT2D eigenvalue weighted by Crippen LogP contribution is 2.33. The molecule has 0 aromatic heterocycles. The molecular formula is C23H29NO3. The van der Waals surface area contributed by atoms with Gasteiger partial charge in [-0.1, -0.05) is 67.1 Å². The van der Waals surface area contributed by atoms with Gasteiger partial charge in [-0.2, -0.15) is 0 Å². The third-order valence-corrected chi connectivity index (χ3v) is 5.53. The second kappa shape index (κ2) is 8.68. The number of hydrogen-bond acceptors (Lipinski definition) is 4. The first-order valence-corrected chi connectivity index (χ1v) is 9.72. The number of aliphatic hydroxyl groups is 1. The SMILES string of the molecule is CN(C)C1CCCCC(OC(=O)C(O)(c2ccccc2)c2ccccc2)C1. The second-order valence-electron chi connectivity index (χ2n) is 7.61. The molecule has 0 spiro atoms. The van der Waals surface area contributed by atoms with Crippen molar-refractivity contribution in [1.82, 2.24) is 4.90 Å². The van der Waals surface area contributed by atoms with E-state index in [9.17, 15) is 9.90 Å². The predicted octanol–water partition coefficient (Wildman–Crippen LogP) is 3.73. The van der Waals surface area contributed by atoms with Crippen molar-refractivity contribution in [3.05, 3.63) is 71.8 Å². The van der Waals surface area contributed by atoms with Crippen molar-refractivity contribution in [2.75, 3.05) is 14.1 Å². The minimum absolute atomic E-state index is 0.175. The Balaban J connectivity index is 1.88. The largest absolute Gasteiger partial charge is 0.460 e. The fourth-order valence-electron chi connectivity index (χ4n) is 3.86. The van der Waals surface area contributed by atoms with Gasteiger partial charge in [-0.3, -0.25) is 0 Å². The molecule has 0 bridgehead atoms. The molecule has 2 aromatic carbocycles. The van der Waals surface area contributed by atoms with Gasteiger partial charge in [-0.15, -0.1) is 0 Å². The molecule has 2 aromatic rings. The Kier molecular flexibility index (Phi) is 6.30. The number of carbonyl (C=O) groups excluding carboxylic acids is 1. The van der Waals surface area contributed by atoms with Gasteiger partial charge in [0.2, 0.25) is 5.60 Å². The van der Waals surface area contributed by atoms with Crippen molar-refractivity contribution in [1.29, 1.82) is 0 Å². The van der Waals surface area contributed by atoms with E-state index in [1.165, 1.54) is 0 Å². The third kappa shape index (κ3) is 4.40. The van der Waals surface area contributed by atoms with Crippen LogP contribution in [0.2, 0.25) is 0 Å². The molecule has 0 radical (unpaired) electrons. The zero-order valence-corrected chi connectivity index (χ0v) is 16.2. The van der Waals surface area contributed by atoms with E-state index in [4.69, 9.17) is 4.74 Å².